The average molecular weight is 339 g/mol. The van der Waals surface area contributed by atoms with Gasteiger partial charge in [-0.05, 0) is 38.8 Å². The molecule has 0 aromatic carbocycles. The van der Waals surface area contributed by atoms with Crippen LogP contribution in [-0.2, 0) is 4.79 Å². The Bertz CT molecular complexity index is 774. The number of hydrogen-bond donors (Lipinski definition) is 1. The third kappa shape index (κ3) is 3.95. The molecule has 1 aliphatic heterocycles. The maximum absolute atomic E-state index is 12.5. The minimum absolute atomic E-state index is 0.0144. The van der Waals surface area contributed by atoms with Gasteiger partial charge in [-0.15, -0.1) is 0 Å². The topological polar surface area (TPSA) is 71.0 Å². The van der Waals surface area contributed by atoms with Crippen LogP contribution in [0.3, 0.4) is 0 Å². The molecule has 0 aliphatic carbocycles. The lowest BCUT2D eigenvalue weighted by atomic mass is 10.1. The average Bonchev–Trinajstić information content (AvgIpc) is 3.03. The first-order valence-electron chi connectivity index (χ1n) is 8.81. The summed E-state index contributed by atoms with van der Waals surface area (Å²) in [6, 6.07) is 7.68. The number of carbonyl (C=O) groups excluding carboxylic acids is 1. The lowest BCUT2D eigenvalue weighted by Crippen LogP contribution is -2.34. The van der Waals surface area contributed by atoms with Gasteiger partial charge in [0, 0.05) is 29.9 Å². The van der Waals surface area contributed by atoms with Crippen molar-refractivity contribution in [1.82, 2.24) is 19.9 Å². The molecule has 3 rings (SSSR count). The van der Waals surface area contributed by atoms with Gasteiger partial charge in [-0.2, -0.15) is 0 Å². The van der Waals surface area contributed by atoms with Crippen LogP contribution in [0.1, 0.15) is 49.9 Å². The highest BCUT2D eigenvalue weighted by Gasteiger charge is 2.33. The van der Waals surface area contributed by atoms with Crippen molar-refractivity contribution in [3.8, 4) is 0 Å². The van der Waals surface area contributed by atoms with Crippen molar-refractivity contribution in [2.75, 3.05) is 11.9 Å². The summed E-state index contributed by atoms with van der Waals surface area (Å²) in [6.07, 6.45) is 1.90. The molecule has 2 aromatic heterocycles. The molecule has 1 N–H and O–H groups in total. The first-order chi connectivity index (χ1) is 11.9. The van der Waals surface area contributed by atoms with Crippen molar-refractivity contribution >= 4 is 17.5 Å². The maximum Gasteiger partial charge on any atom is 0.225 e. The Morgan fingerprint density at radius 2 is 1.96 bits per heavy atom. The second-order valence-electron chi connectivity index (χ2n) is 6.89. The summed E-state index contributed by atoms with van der Waals surface area (Å²) in [6.45, 7) is 8.55. The van der Waals surface area contributed by atoms with E-state index in [1.54, 1.807) is 0 Å². The van der Waals surface area contributed by atoms with Gasteiger partial charge in [0.25, 0.3) is 0 Å². The zero-order valence-electron chi connectivity index (χ0n) is 15.3. The molecule has 1 saturated heterocycles. The summed E-state index contributed by atoms with van der Waals surface area (Å²) in [5, 5.41) is 3.25. The fraction of sp³-hybridized carbons (Fsp3) is 0.474. The van der Waals surface area contributed by atoms with Crippen molar-refractivity contribution in [1.29, 1.82) is 0 Å². The van der Waals surface area contributed by atoms with Crippen molar-refractivity contribution in [2.24, 2.45) is 5.92 Å². The molecular weight excluding hydrogens is 314 g/mol. The van der Waals surface area contributed by atoms with E-state index in [0.717, 1.165) is 36.6 Å². The summed E-state index contributed by atoms with van der Waals surface area (Å²) < 4.78 is 0. The van der Waals surface area contributed by atoms with Crippen molar-refractivity contribution in [2.45, 2.75) is 46.6 Å². The SMILES string of the molecule is Cc1cccc(Nc2cc(C)nc([C@@H]3CCCN3C(=O)C(C)C)n2)n1. The first kappa shape index (κ1) is 17.3. The summed E-state index contributed by atoms with van der Waals surface area (Å²) in [4.78, 5) is 28.1. The van der Waals surface area contributed by atoms with E-state index >= 15 is 0 Å². The summed E-state index contributed by atoms with van der Waals surface area (Å²) >= 11 is 0. The lowest BCUT2D eigenvalue weighted by Gasteiger charge is -2.25. The molecule has 0 saturated carbocycles. The molecule has 0 unspecified atom stereocenters. The molecule has 1 atom stereocenters. The van der Waals surface area contributed by atoms with Crippen LogP contribution in [-0.4, -0.2) is 32.3 Å². The molecule has 1 aliphatic rings. The van der Waals surface area contributed by atoms with Gasteiger partial charge in [0.05, 0.1) is 6.04 Å². The second-order valence-corrected chi connectivity index (χ2v) is 6.89. The smallest absolute Gasteiger partial charge is 0.225 e. The second kappa shape index (κ2) is 7.17. The number of likely N-dealkylation sites (tertiary alicyclic amines) is 1. The Balaban J connectivity index is 1.87. The Hall–Kier alpha value is -2.50. The normalized spacial score (nSPS) is 17.2. The maximum atomic E-state index is 12.5. The largest absolute Gasteiger partial charge is 0.332 e. The van der Waals surface area contributed by atoms with E-state index in [0.29, 0.717) is 11.6 Å². The predicted octanol–water partition coefficient (Wildman–Crippen LogP) is 3.55. The number of pyridine rings is 1. The van der Waals surface area contributed by atoms with Gasteiger partial charge < -0.3 is 10.2 Å². The van der Waals surface area contributed by atoms with E-state index in [9.17, 15) is 4.79 Å². The molecule has 0 bridgehead atoms. The lowest BCUT2D eigenvalue weighted by molar-refractivity contribution is -0.135. The fourth-order valence-corrected chi connectivity index (χ4v) is 3.18. The van der Waals surface area contributed by atoms with E-state index in [1.165, 1.54) is 0 Å². The van der Waals surface area contributed by atoms with Gasteiger partial charge >= 0.3 is 0 Å². The summed E-state index contributed by atoms with van der Waals surface area (Å²) in [5.74, 6) is 2.33. The molecule has 3 heterocycles. The zero-order chi connectivity index (χ0) is 18.0. The molecule has 132 valence electrons. The molecule has 1 fully saturated rings. The standard InChI is InChI=1S/C19H25N5O/c1-12(2)19(25)24-10-6-8-15(24)18-21-14(4)11-17(23-18)22-16-9-5-7-13(3)20-16/h5,7,9,11-12,15H,6,8,10H2,1-4H3,(H,20,21,22,23)/t15-/m0/s1. The van der Waals surface area contributed by atoms with Crippen LogP contribution >= 0.6 is 0 Å². The number of aromatic nitrogens is 3. The first-order valence-corrected chi connectivity index (χ1v) is 8.81. The zero-order valence-corrected chi connectivity index (χ0v) is 15.3. The Morgan fingerprint density at radius 3 is 2.68 bits per heavy atom. The van der Waals surface area contributed by atoms with Crippen LogP contribution in [0.5, 0.6) is 0 Å². The molecule has 6 heteroatoms. The number of anilines is 2. The van der Waals surface area contributed by atoms with E-state index in [4.69, 9.17) is 0 Å². The number of aryl methyl sites for hydroxylation is 2. The van der Waals surface area contributed by atoms with E-state index in [1.807, 2.05) is 56.9 Å². The van der Waals surface area contributed by atoms with Gasteiger partial charge in [0.2, 0.25) is 5.91 Å². The van der Waals surface area contributed by atoms with E-state index < -0.39 is 0 Å². The number of nitrogens with one attached hydrogen (secondary N) is 1. The molecular formula is C19H25N5O. The molecule has 2 aromatic rings. The van der Waals surface area contributed by atoms with Crippen LogP contribution in [0.4, 0.5) is 11.6 Å². The number of amides is 1. The third-order valence-corrected chi connectivity index (χ3v) is 4.34. The number of rotatable bonds is 4. The van der Waals surface area contributed by atoms with E-state index in [-0.39, 0.29) is 17.9 Å². The highest BCUT2D eigenvalue weighted by atomic mass is 16.2. The molecule has 25 heavy (non-hydrogen) atoms. The van der Waals surface area contributed by atoms with Gasteiger partial charge in [-0.3, -0.25) is 4.79 Å². The molecule has 6 nitrogen and oxygen atoms in total. The van der Waals surface area contributed by atoms with Crippen molar-refractivity contribution in [3.05, 3.63) is 41.5 Å². The minimum Gasteiger partial charge on any atom is -0.332 e. The Morgan fingerprint density at radius 1 is 1.16 bits per heavy atom. The highest BCUT2D eigenvalue weighted by molar-refractivity contribution is 5.78. The minimum atomic E-state index is -0.0409. The Labute approximate surface area is 148 Å². The van der Waals surface area contributed by atoms with Gasteiger partial charge in [0.15, 0.2) is 5.82 Å². The number of hydrogen-bond acceptors (Lipinski definition) is 5. The fourth-order valence-electron chi connectivity index (χ4n) is 3.18. The van der Waals surface area contributed by atoms with Gasteiger partial charge in [0.1, 0.15) is 11.6 Å². The highest BCUT2D eigenvalue weighted by Crippen LogP contribution is 2.32. The van der Waals surface area contributed by atoms with Crippen LogP contribution < -0.4 is 5.32 Å². The molecule has 0 spiro atoms. The Kier molecular flexibility index (Phi) is 4.97. The van der Waals surface area contributed by atoms with Crippen LogP contribution in [0.15, 0.2) is 24.3 Å². The van der Waals surface area contributed by atoms with E-state index in [2.05, 4.69) is 20.3 Å². The predicted molar refractivity (Wildman–Crippen MR) is 97.6 cm³/mol. The van der Waals surface area contributed by atoms with Gasteiger partial charge in [-0.25, -0.2) is 15.0 Å². The van der Waals surface area contributed by atoms with Crippen molar-refractivity contribution < 1.29 is 4.79 Å². The third-order valence-electron chi connectivity index (χ3n) is 4.34. The van der Waals surface area contributed by atoms with Crippen molar-refractivity contribution in [3.63, 3.8) is 0 Å². The molecule has 1 amide bonds. The monoisotopic (exact) mass is 339 g/mol. The van der Waals surface area contributed by atoms with Crippen LogP contribution in [0.25, 0.3) is 0 Å². The van der Waals surface area contributed by atoms with Crippen LogP contribution in [0, 0.1) is 19.8 Å². The van der Waals surface area contributed by atoms with Gasteiger partial charge in [-0.1, -0.05) is 19.9 Å². The molecule has 0 radical (unpaired) electrons. The summed E-state index contributed by atoms with van der Waals surface area (Å²) in [7, 11) is 0. The number of nitrogens with zero attached hydrogens (tertiary/aromatic N) is 4. The quantitative estimate of drug-likeness (QED) is 0.922. The summed E-state index contributed by atoms with van der Waals surface area (Å²) in [5.41, 5.74) is 1.82. The number of carbonyl (C=O) groups is 1. The van der Waals surface area contributed by atoms with Crippen LogP contribution in [0.2, 0.25) is 0 Å².